The molecule has 2 aliphatic rings. The maximum absolute atomic E-state index is 11.8. The van der Waals surface area contributed by atoms with Crippen molar-refractivity contribution in [2.45, 2.75) is 32.6 Å². The maximum Gasteiger partial charge on any atom is 0.239 e. The monoisotopic (exact) mass is 289 g/mol. The van der Waals surface area contributed by atoms with Crippen LogP contribution in [0.25, 0.3) is 0 Å². The van der Waals surface area contributed by atoms with Crippen molar-refractivity contribution < 1.29 is 9.59 Å². The van der Waals surface area contributed by atoms with Crippen LogP contribution < -0.4 is 10.6 Å². The summed E-state index contributed by atoms with van der Waals surface area (Å²) in [5.74, 6) is 0.0863. The lowest BCUT2D eigenvalue weighted by Crippen LogP contribution is -2.45. The Morgan fingerprint density at radius 2 is 2.11 bits per heavy atom. The lowest BCUT2D eigenvalue weighted by molar-refractivity contribution is -0.133. The van der Waals surface area contributed by atoms with Crippen LogP contribution in [0.3, 0.4) is 0 Å². The largest absolute Gasteiger partial charge is 0.354 e. The molecule has 2 rings (SSSR count). The third kappa shape index (κ3) is 4.66. The number of piperidine rings is 1. The molecule has 0 aliphatic carbocycles. The van der Waals surface area contributed by atoms with Gasteiger partial charge in [-0.2, -0.15) is 0 Å². The highest BCUT2D eigenvalue weighted by molar-refractivity contribution is 5.86. The Kier molecular flexibility index (Phi) is 6.07. The van der Waals surface area contributed by atoms with E-state index in [1.165, 1.54) is 0 Å². The first-order valence-electron chi connectivity index (χ1n) is 6.84. The van der Waals surface area contributed by atoms with E-state index in [1.807, 2.05) is 0 Å². The van der Waals surface area contributed by atoms with E-state index in [-0.39, 0.29) is 36.2 Å². The highest BCUT2D eigenvalue weighted by Gasteiger charge is 2.28. The summed E-state index contributed by atoms with van der Waals surface area (Å²) in [5.41, 5.74) is 0.204. The van der Waals surface area contributed by atoms with Gasteiger partial charge in [-0.05, 0) is 37.8 Å². The first-order valence-corrected chi connectivity index (χ1v) is 6.84. The maximum atomic E-state index is 11.8. The van der Waals surface area contributed by atoms with Crippen LogP contribution in [0.15, 0.2) is 0 Å². The molecule has 0 aromatic heterocycles. The molecule has 0 aromatic carbocycles. The number of halogens is 1. The molecule has 2 aliphatic heterocycles. The fourth-order valence-corrected chi connectivity index (χ4v) is 2.62. The summed E-state index contributed by atoms with van der Waals surface area (Å²) in [6, 6.07) is 0. The minimum absolute atomic E-state index is 0. The second kappa shape index (κ2) is 7.10. The Labute approximate surface area is 120 Å². The van der Waals surface area contributed by atoms with Crippen molar-refractivity contribution in [1.29, 1.82) is 0 Å². The molecule has 0 unspecified atom stereocenters. The van der Waals surface area contributed by atoms with Crippen LogP contribution in [0.2, 0.25) is 0 Å². The van der Waals surface area contributed by atoms with E-state index in [0.717, 1.165) is 45.4 Å². The van der Waals surface area contributed by atoms with Gasteiger partial charge in [0.15, 0.2) is 0 Å². The number of amides is 2. The molecule has 2 heterocycles. The lowest BCUT2D eigenvalue weighted by atomic mass is 9.81. The highest BCUT2D eigenvalue weighted by Crippen LogP contribution is 2.26. The van der Waals surface area contributed by atoms with Crippen molar-refractivity contribution >= 4 is 24.2 Å². The average Bonchev–Trinajstić information content (AvgIpc) is 2.74. The number of carbonyl (C=O) groups is 2. The second-order valence-corrected chi connectivity index (χ2v) is 5.76. The number of hydrogen-bond donors (Lipinski definition) is 2. The molecule has 0 atom stereocenters. The molecule has 0 aromatic rings. The highest BCUT2D eigenvalue weighted by atomic mass is 35.5. The number of rotatable bonds is 4. The van der Waals surface area contributed by atoms with Crippen LogP contribution in [-0.4, -0.2) is 49.4 Å². The Morgan fingerprint density at radius 3 is 2.68 bits per heavy atom. The molecule has 2 N–H and O–H groups in total. The van der Waals surface area contributed by atoms with Gasteiger partial charge in [0.1, 0.15) is 0 Å². The summed E-state index contributed by atoms with van der Waals surface area (Å²) in [6.07, 6.45) is 3.66. The summed E-state index contributed by atoms with van der Waals surface area (Å²) < 4.78 is 0. The second-order valence-electron chi connectivity index (χ2n) is 5.76. The van der Waals surface area contributed by atoms with E-state index in [0.29, 0.717) is 6.42 Å². The third-order valence-electron chi connectivity index (χ3n) is 4.03. The molecule has 0 saturated carbocycles. The minimum atomic E-state index is -0.0231. The van der Waals surface area contributed by atoms with Gasteiger partial charge in [0.25, 0.3) is 0 Å². The van der Waals surface area contributed by atoms with Gasteiger partial charge < -0.3 is 15.5 Å². The molecule has 6 heteroatoms. The Morgan fingerprint density at radius 1 is 1.42 bits per heavy atom. The summed E-state index contributed by atoms with van der Waals surface area (Å²) in [7, 11) is 0. The van der Waals surface area contributed by atoms with Crippen molar-refractivity contribution in [3.05, 3.63) is 0 Å². The summed E-state index contributed by atoms with van der Waals surface area (Å²) in [4.78, 5) is 24.9. The molecule has 0 radical (unpaired) electrons. The van der Waals surface area contributed by atoms with Crippen molar-refractivity contribution in [3.63, 3.8) is 0 Å². The van der Waals surface area contributed by atoms with E-state index < -0.39 is 0 Å². The van der Waals surface area contributed by atoms with Crippen LogP contribution >= 0.6 is 12.4 Å². The fourth-order valence-electron chi connectivity index (χ4n) is 2.62. The van der Waals surface area contributed by atoms with Crippen LogP contribution in [0.5, 0.6) is 0 Å². The first-order chi connectivity index (χ1) is 8.59. The Bertz CT molecular complexity index is 330. The molecule has 0 spiro atoms. The van der Waals surface area contributed by atoms with Crippen LogP contribution in [0.1, 0.15) is 32.6 Å². The van der Waals surface area contributed by atoms with Gasteiger partial charge in [-0.3, -0.25) is 9.59 Å². The topological polar surface area (TPSA) is 61.4 Å². The Balaban J connectivity index is 0.00000180. The van der Waals surface area contributed by atoms with Gasteiger partial charge >= 0.3 is 0 Å². The molecule has 0 bridgehead atoms. The average molecular weight is 290 g/mol. The molecule has 2 amide bonds. The van der Waals surface area contributed by atoms with Gasteiger partial charge in [-0.1, -0.05) is 6.92 Å². The van der Waals surface area contributed by atoms with Gasteiger partial charge in [0, 0.05) is 19.5 Å². The fraction of sp³-hybridized carbons (Fsp3) is 0.846. The Hall–Kier alpha value is -0.810. The quantitative estimate of drug-likeness (QED) is 0.794. The molecule has 2 fully saturated rings. The molecule has 110 valence electrons. The van der Waals surface area contributed by atoms with Gasteiger partial charge in [0.2, 0.25) is 11.8 Å². The SMILES string of the molecule is CC1(CNC(=O)CN2CCCC2=O)CCNCC1.Cl. The van der Waals surface area contributed by atoms with Crippen molar-refractivity contribution in [1.82, 2.24) is 15.5 Å². The van der Waals surface area contributed by atoms with Gasteiger partial charge in [0.05, 0.1) is 6.54 Å². The van der Waals surface area contributed by atoms with Crippen LogP contribution in [-0.2, 0) is 9.59 Å². The smallest absolute Gasteiger partial charge is 0.239 e. The predicted molar refractivity (Wildman–Crippen MR) is 76.3 cm³/mol. The van der Waals surface area contributed by atoms with E-state index in [9.17, 15) is 9.59 Å². The summed E-state index contributed by atoms with van der Waals surface area (Å²) in [6.45, 7) is 5.94. The first kappa shape index (κ1) is 16.2. The van der Waals surface area contributed by atoms with Gasteiger partial charge in [-0.25, -0.2) is 0 Å². The number of nitrogens with one attached hydrogen (secondary N) is 2. The zero-order valence-electron chi connectivity index (χ0n) is 11.5. The zero-order valence-corrected chi connectivity index (χ0v) is 12.4. The standard InChI is InChI=1S/C13H23N3O2.ClH/c1-13(4-6-14-7-5-13)10-15-11(17)9-16-8-2-3-12(16)18;/h14H,2-10H2,1H3,(H,15,17);1H. The van der Waals surface area contributed by atoms with Crippen LogP contribution in [0, 0.1) is 5.41 Å². The number of likely N-dealkylation sites (tertiary alicyclic amines) is 1. The molecular weight excluding hydrogens is 266 g/mol. The van der Waals surface area contributed by atoms with E-state index in [2.05, 4.69) is 17.6 Å². The number of hydrogen-bond acceptors (Lipinski definition) is 3. The van der Waals surface area contributed by atoms with Crippen molar-refractivity contribution in [2.24, 2.45) is 5.41 Å². The van der Waals surface area contributed by atoms with Gasteiger partial charge in [-0.15, -0.1) is 12.4 Å². The molecule has 5 nitrogen and oxygen atoms in total. The summed E-state index contributed by atoms with van der Waals surface area (Å²) in [5, 5.41) is 6.31. The normalized spacial score (nSPS) is 21.9. The number of carbonyl (C=O) groups excluding carboxylic acids is 2. The molecule has 19 heavy (non-hydrogen) atoms. The van der Waals surface area contributed by atoms with Crippen molar-refractivity contribution in [3.8, 4) is 0 Å². The van der Waals surface area contributed by atoms with E-state index in [4.69, 9.17) is 0 Å². The molecule has 2 saturated heterocycles. The van der Waals surface area contributed by atoms with Crippen molar-refractivity contribution in [2.75, 3.05) is 32.7 Å². The minimum Gasteiger partial charge on any atom is -0.354 e. The van der Waals surface area contributed by atoms with Crippen LogP contribution in [0.4, 0.5) is 0 Å². The summed E-state index contributed by atoms with van der Waals surface area (Å²) >= 11 is 0. The predicted octanol–water partition coefficient (Wildman–Crippen LogP) is 0.536. The number of nitrogens with zero attached hydrogens (tertiary/aromatic N) is 1. The van der Waals surface area contributed by atoms with E-state index >= 15 is 0 Å². The lowest BCUT2D eigenvalue weighted by Gasteiger charge is -2.34. The molecular formula is C13H24ClN3O2. The third-order valence-corrected chi connectivity index (χ3v) is 4.03. The van der Waals surface area contributed by atoms with E-state index in [1.54, 1.807) is 4.90 Å². The zero-order chi connectivity index (χ0) is 13.0.